The maximum Gasteiger partial charge on any atom is 0.408 e. The van der Waals surface area contributed by atoms with Gasteiger partial charge in [0.25, 0.3) is 0 Å². The van der Waals surface area contributed by atoms with Gasteiger partial charge in [-0.1, -0.05) is 42.5 Å². The van der Waals surface area contributed by atoms with Crippen LogP contribution in [0.5, 0.6) is 5.75 Å². The van der Waals surface area contributed by atoms with Crippen molar-refractivity contribution < 1.29 is 38.1 Å². The Kier molecular flexibility index (Phi) is 16.0. The van der Waals surface area contributed by atoms with Gasteiger partial charge in [-0.2, -0.15) is 0 Å². The quantitative estimate of drug-likeness (QED) is 0.161. The first-order valence-electron chi connectivity index (χ1n) is 13.1. The average Bonchev–Trinajstić information content (AvgIpc) is 2.94. The summed E-state index contributed by atoms with van der Waals surface area (Å²) in [6.07, 6.45) is 1.12. The Bertz CT molecular complexity index is 1080. The second-order valence-corrected chi connectivity index (χ2v) is 10.1. The predicted octanol–water partition coefficient (Wildman–Crippen LogP) is 4.47. The lowest BCUT2D eigenvalue weighted by molar-refractivity contribution is -0.134. The summed E-state index contributed by atoms with van der Waals surface area (Å²) in [6.45, 7) is 6.85. The Hall–Kier alpha value is -3.73. The Labute approximate surface area is 243 Å². The molecule has 1 amide bonds. The van der Waals surface area contributed by atoms with E-state index in [1.807, 2.05) is 18.2 Å². The van der Waals surface area contributed by atoms with Crippen LogP contribution in [0.2, 0.25) is 0 Å². The number of hydrogen-bond acceptors (Lipinski definition) is 9. The number of esters is 1. The van der Waals surface area contributed by atoms with E-state index in [9.17, 15) is 14.4 Å². The zero-order valence-electron chi connectivity index (χ0n) is 25.3. The first kappa shape index (κ1) is 35.3. The Morgan fingerprint density at radius 3 is 2.05 bits per heavy atom. The number of likely N-dealkylation sites (N-methyl/N-ethyl adjacent to an activating group) is 1. The highest BCUT2D eigenvalue weighted by molar-refractivity contribution is 5.92. The molecule has 0 aliphatic rings. The molecule has 1 N–H and O–H groups in total. The minimum atomic E-state index is -0.858. The van der Waals surface area contributed by atoms with Crippen LogP contribution in [0.25, 0.3) is 5.57 Å². The number of carbonyl (C=O) groups is 3. The highest BCUT2D eigenvalue weighted by Gasteiger charge is 2.21. The smallest absolute Gasteiger partial charge is 0.408 e. The van der Waals surface area contributed by atoms with Crippen molar-refractivity contribution in [2.24, 2.45) is 0 Å². The summed E-state index contributed by atoms with van der Waals surface area (Å²) in [5.74, 6) is 0.0997. The maximum absolute atomic E-state index is 11.9. The monoisotopic (exact) mass is 572 g/mol. The minimum Gasteiger partial charge on any atom is -0.497 e. The summed E-state index contributed by atoms with van der Waals surface area (Å²) in [5, 5.41) is 2.49. The zero-order valence-corrected chi connectivity index (χ0v) is 25.3. The van der Waals surface area contributed by atoms with E-state index in [4.69, 9.17) is 18.9 Å². The van der Waals surface area contributed by atoms with Gasteiger partial charge in [-0.15, -0.1) is 0 Å². The number of nitrogens with one attached hydrogen (secondary N) is 1. The van der Waals surface area contributed by atoms with Gasteiger partial charge in [0.15, 0.2) is 6.29 Å². The molecule has 0 spiro atoms. The number of methoxy groups -OCH3 is 4. The maximum atomic E-state index is 11.9. The molecule has 0 bridgehead atoms. The van der Waals surface area contributed by atoms with Crippen molar-refractivity contribution in [2.75, 3.05) is 42.0 Å². The van der Waals surface area contributed by atoms with E-state index in [2.05, 4.69) is 34.1 Å². The van der Waals surface area contributed by atoms with E-state index in [1.165, 1.54) is 18.7 Å². The number of nitrogens with zero attached hydrogens (tertiary/aromatic N) is 1. The fourth-order valence-corrected chi connectivity index (χ4v) is 3.55. The number of hydrogen-bond donors (Lipinski definition) is 1. The number of amides is 1. The molecule has 0 radical (unpaired) electrons. The van der Waals surface area contributed by atoms with Crippen molar-refractivity contribution in [3.63, 3.8) is 0 Å². The molecule has 0 heterocycles. The largest absolute Gasteiger partial charge is 0.497 e. The third-order valence-electron chi connectivity index (χ3n) is 5.54. The van der Waals surface area contributed by atoms with Crippen LogP contribution in [0, 0.1) is 0 Å². The van der Waals surface area contributed by atoms with E-state index < -0.39 is 23.7 Å². The molecule has 0 aliphatic carbocycles. The molecule has 0 aromatic heterocycles. The number of ether oxygens (including phenoxy) is 5. The lowest BCUT2D eigenvalue weighted by Crippen LogP contribution is -2.40. The van der Waals surface area contributed by atoms with Crippen LogP contribution in [0.3, 0.4) is 0 Å². The van der Waals surface area contributed by atoms with Crippen molar-refractivity contribution in [2.45, 2.75) is 51.7 Å². The predicted molar refractivity (Wildman–Crippen MR) is 157 cm³/mol. The van der Waals surface area contributed by atoms with Crippen molar-refractivity contribution in [1.82, 2.24) is 10.2 Å². The summed E-state index contributed by atoms with van der Waals surface area (Å²) in [5.41, 5.74) is 1.85. The molecule has 0 fully saturated rings. The number of carbonyl (C=O) groups excluding carboxylic acids is 3. The summed E-state index contributed by atoms with van der Waals surface area (Å²) in [6, 6.07) is 16.5. The van der Waals surface area contributed by atoms with Crippen molar-refractivity contribution in [3.8, 4) is 5.75 Å². The summed E-state index contributed by atoms with van der Waals surface area (Å²) in [7, 11) is 8.18. The summed E-state index contributed by atoms with van der Waals surface area (Å²) < 4.78 is 25.2. The molecule has 226 valence electrons. The topological polar surface area (TPSA) is 113 Å². The molecule has 10 nitrogen and oxygen atoms in total. The molecule has 2 aromatic rings. The van der Waals surface area contributed by atoms with Crippen LogP contribution in [-0.2, 0) is 35.1 Å². The average molecular weight is 573 g/mol. The van der Waals surface area contributed by atoms with Crippen LogP contribution in [-0.4, -0.2) is 83.2 Å². The Morgan fingerprint density at radius 1 is 0.951 bits per heavy atom. The van der Waals surface area contributed by atoms with Crippen LogP contribution in [0.15, 0.2) is 60.7 Å². The van der Waals surface area contributed by atoms with E-state index in [-0.39, 0.29) is 12.7 Å². The Balaban J connectivity index is 0.000000474. The van der Waals surface area contributed by atoms with E-state index >= 15 is 0 Å². The molecular weight excluding hydrogens is 528 g/mol. The molecule has 0 unspecified atom stereocenters. The van der Waals surface area contributed by atoms with Crippen molar-refractivity contribution in [3.05, 3.63) is 71.8 Å². The molecule has 41 heavy (non-hydrogen) atoms. The first-order chi connectivity index (χ1) is 19.4. The lowest BCUT2D eigenvalue weighted by Gasteiger charge is -2.22. The normalized spacial score (nSPS) is 12.2. The second kappa shape index (κ2) is 18.6. The van der Waals surface area contributed by atoms with Gasteiger partial charge in [-0.25, -0.2) is 9.59 Å². The molecule has 0 aliphatic heterocycles. The Morgan fingerprint density at radius 2 is 1.56 bits per heavy atom. The van der Waals surface area contributed by atoms with Crippen molar-refractivity contribution in [1.29, 1.82) is 0 Å². The molecule has 10 heteroatoms. The van der Waals surface area contributed by atoms with Gasteiger partial charge in [0.05, 0.1) is 20.3 Å². The van der Waals surface area contributed by atoms with Gasteiger partial charge >= 0.3 is 12.1 Å². The van der Waals surface area contributed by atoms with E-state index in [1.54, 1.807) is 66.4 Å². The van der Waals surface area contributed by atoms with Gasteiger partial charge in [-0.3, -0.25) is 4.90 Å². The highest BCUT2D eigenvalue weighted by Crippen LogP contribution is 2.23. The first-order valence-corrected chi connectivity index (χ1v) is 13.1. The number of aldehydes is 1. The fourth-order valence-electron chi connectivity index (χ4n) is 3.55. The number of benzene rings is 2. The second-order valence-electron chi connectivity index (χ2n) is 10.1. The zero-order chi connectivity index (χ0) is 30.8. The van der Waals surface area contributed by atoms with Crippen LogP contribution < -0.4 is 10.1 Å². The van der Waals surface area contributed by atoms with Gasteiger partial charge in [0, 0.05) is 39.8 Å². The fraction of sp³-hybridized carbons (Fsp3) is 0.452. The summed E-state index contributed by atoms with van der Waals surface area (Å²) in [4.78, 5) is 37.1. The SMILES string of the molecule is COC(=O)/C=C(\C[C@H](C=O)NC(=O)OC(C)(C)C)c1ccc(OC)cc1.COC(CN(C)Cc1ccccc1)OC. The molecule has 2 aromatic carbocycles. The van der Waals surface area contributed by atoms with E-state index in [0.717, 1.165) is 13.1 Å². The van der Waals surface area contributed by atoms with Gasteiger partial charge in [0.2, 0.25) is 0 Å². The molecule has 0 saturated heterocycles. The molecule has 0 saturated carbocycles. The highest BCUT2D eigenvalue weighted by atomic mass is 16.7. The lowest BCUT2D eigenvalue weighted by atomic mass is 9.98. The van der Waals surface area contributed by atoms with Crippen molar-refractivity contribution >= 4 is 23.9 Å². The summed E-state index contributed by atoms with van der Waals surface area (Å²) >= 11 is 0. The van der Waals surface area contributed by atoms with Gasteiger partial charge in [-0.05, 0) is 56.7 Å². The van der Waals surface area contributed by atoms with Gasteiger partial charge in [0.1, 0.15) is 17.6 Å². The number of alkyl carbamates (subject to hydrolysis) is 1. The van der Waals surface area contributed by atoms with Crippen LogP contribution >= 0.6 is 0 Å². The molecule has 1 atom stereocenters. The molecule has 2 rings (SSSR count). The standard InChI is InChI=1S/C19H25NO6.C12H19NO2/c1-19(2,3)26-18(23)20-15(12-21)10-14(11-17(22)25-5)13-6-8-16(24-4)9-7-13;1-13(10-12(14-2)15-3)9-11-7-5-4-6-8-11/h6-9,11-12,15H,10H2,1-5H3,(H,20,23);4-8,12H,9-10H2,1-3H3/b14-11+;/t15-;/m1./s1. The minimum absolute atomic E-state index is 0.101. The number of rotatable bonds is 13. The van der Waals surface area contributed by atoms with Crippen LogP contribution in [0.1, 0.15) is 38.3 Å². The third kappa shape index (κ3) is 15.0. The third-order valence-corrected chi connectivity index (χ3v) is 5.54. The van der Waals surface area contributed by atoms with Gasteiger partial charge < -0.3 is 33.8 Å². The van der Waals surface area contributed by atoms with E-state index in [0.29, 0.717) is 23.2 Å². The van der Waals surface area contributed by atoms with Crippen LogP contribution in [0.4, 0.5) is 4.79 Å². The molecular formula is C31H44N2O8.